The first-order chi connectivity index (χ1) is 14.5. The number of hydrogen-bond acceptors (Lipinski definition) is 4. The number of aryl methyl sites for hydroxylation is 2. The van der Waals surface area contributed by atoms with Gasteiger partial charge in [0, 0.05) is 30.3 Å². The molecule has 0 spiro atoms. The lowest BCUT2D eigenvalue weighted by molar-refractivity contribution is -0.116. The van der Waals surface area contributed by atoms with Crippen molar-refractivity contribution in [2.75, 3.05) is 5.32 Å². The lowest BCUT2D eigenvalue weighted by Crippen LogP contribution is -2.25. The third-order valence-corrected chi connectivity index (χ3v) is 5.18. The molecule has 4 rings (SSSR count). The highest BCUT2D eigenvalue weighted by Gasteiger charge is 2.23. The number of amides is 2. The second-order valence-electron chi connectivity index (χ2n) is 7.69. The molecule has 1 aliphatic carbocycles. The van der Waals surface area contributed by atoms with Crippen molar-refractivity contribution in [2.24, 2.45) is 0 Å². The largest absolute Gasteiger partial charge is 0.349 e. The second-order valence-corrected chi connectivity index (χ2v) is 7.69. The minimum absolute atomic E-state index is 0.0986. The molecule has 0 aliphatic heterocycles. The average Bonchev–Trinajstić information content (AvgIpc) is 3.54. The normalized spacial score (nSPS) is 13.2. The highest BCUT2D eigenvalue weighted by Crippen LogP contribution is 2.20. The van der Waals surface area contributed by atoms with Gasteiger partial charge in [0.2, 0.25) is 5.91 Å². The van der Waals surface area contributed by atoms with Gasteiger partial charge in [-0.15, -0.1) is 0 Å². The van der Waals surface area contributed by atoms with Gasteiger partial charge in [-0.1, -0.05) is 18.2 Å². The van der Waals surface area contributed by atoms with Gasteiger partial charge >= 0.3 is 0 Å². The summed E-state index contributed by atoms with van der Waals surface area (Å²) in [5.41, 5.74) is 2.69. The van der Waals surface area contributed by atoms with E-state index in [1.54, 1.807) is 30.3 Å². The summed E-state index contributed by atoms with van der Waals surface area (Å²) in [6.45, 7) is 2.33. The fourth-order valence-corrected chi connectivity index (χ4v) is 3.36. The lowest BCUT2D eigenvalue weighted by Gasteiger charge is -2.09. The number of para-hydroxylation sites is 1. The number of rotatable bonds is 7. The van der Waals surface area contributed by atoms with Crippen LogP contribution in [0.15, 0.2) is 53.6 Å². The molecule has 1 aliphatic rings. The van der Waals surface area contributed by atoms with Gasteiger partial charge in [-0.2, -0.15) is 0 Å². The number of carbonyl (C=O) groups excluding carboxylic acids is 2. The van der Waals surface area contributed by atoms with E-state index >= 15 is 0 Å². The zero-order valence-corrected chi connectivity index (χ0v) is 16.9. The van der Waals surface area contributed by atoms with Crippen LogP contribution < -0.4 is 16.2 Å². The van der Waals surface area contributed by atoms with Crippen LogP contribution in [0.1, 0.15) is 41.6 Å². The zero-order chi connectivity index (χ0) is 21.1. The minimum atomic E-state index is -0.160. The van der Waals surface area contributed by atoms with Crippen molar-refractivity contribution in [2.45, 2.75) is 45.2 Å². The van der Waals surface area contributed by atoms with Crippen LogP contribution in [0.5, 0.6) is 0 Å². The quantitative estimate of drug-likeness (QED) is 0.633. The third-order valence-electron chi connectivity index (χ3n) is 5.18. The molecule has 154 valence electrons. The smallest absolute Gasteiger partial charge is 0.261 e. The molecule has 1 saturated carbocycles. The van der Waals surface area contributed by atoms with Crippen LogP contribution >= 0.6 is 0 Å². The van der Waals surface area contributed by atoms with Gasteiger partial charge in [0.25, 0.3) is 11.5 Å². The molecule has 7 heteroatoms. The third kappa shape index (κ3) is 4.56. The zero-order valence-electron chi connectivity index (χ0n) is 16.9. The number of nitrogens with zero attached hydrogens (tertiary/aromatic N) is 2. The molecule has 0 radical (unpaired) electrons. The Morgan fingerprint density at radius 3 is 2.77 bits per heavy atom. The predicted octanol–water partition coefficient (Wildman–Crippen LogP) is 3.02. The Morgan fingerprint density at radius 1 is 1.17 bits per heavy atom. The summed E-state index contributed by atoms with van der Waals surface area (Å²) in [6, 6.07) is 12.7. The first-order valence-electron chi connectivity index (χ1n) is 10.2. The molecule has 0 saturated heterocycles. The van der Waals surface area contributed by atoms with E-state index in [1.807, 2.05) is 19.1 Å². The number of fused-ring (bicyclic) bond motifs is 1. The first-order valence-corrected chi connectivity index (χ1v) is 10.2. The van der Waals surface area contributed by atoms with E-state index in [4.69, 9.17) is 0 Å². The molecule has 3 aromatic rings. The lowest BCUT2D eigenvalue weighted by atomic mass is 10.1. The summed E-state index contributed by atoms with van der Waals surface area (Å²) in [4.78, 5) is 41.4. The van der Waals surface area contributed by atoms with Gasteiger partial charge in [-0.05, 0) is 56.0 Å². The molecule has 1 heterocycles. The van der Waals surface area contributed by atoms with E-state index in [0.717, 1.165) is 18.4 Å². The maximum atomic E-state index is 12.6. The molecule has 0 atom stereocenters. The minimum Gasteiger partial charge on any atom is -0.349 e. The van der Waals surface area contributed by atoms with Crippen molar-refractivity contribution in [3.63, 3.8) is 0 Å². The average molecular weight is 404 g/mol. The Hall–Kier alpha value is -3.48. The van der Waals surface area contributed by atoms with Gasteiger partial charge < -0.3 is 10.6 Å². The van der Waals surface area contributed by atoms with Crippen LogP contribution in [0.2, 0.25) is 0 Å². The summed E-state index contributed by atoms with van der Waals surface area (Å²) in [7, 11) is 0. The van der Waals surface area contributed by atoms with E-state index in [2.05, 4.69) is 15.6 Å². The van der Waals surface area contributed by atoms with E-state index in [-0.39, 0.29) is 29.8 Å². The number of nitrogens with one attached hydrogen (secondary N) is 2. The van der Waals surface area contributed by atoms with Crippen molar-refractivity contribution >= 4 is 28.4 Å². The van der Waals surface area contributed by atoms with E-state index < -0.39 is 0 Å². The molecule has 0 bridgehead atoms. The van der Waals surface area contributed by atoms with Crippen LogP contribution in [0.4, 0.5) is 5.69 Å². The van der Waals surface area contributed by atoms with Crippen LogP contribution in [0, 0.1) is 6.92 Å². The van der Waals surface area contributed by atoms with Crippen LogP contribution in [-0.4, -0.2) is 27.4 Å². The summed E-state index contributed by atoms with van der Waals surface area (Å²) >= 11 is 0. The van der Waals surface area contributed by atoms with Gasteiger partial charge in [0.05, 0.1) is 17.2 Å². The van der Waals surface area contributed by atoms with E-state index in [1.165, 1.54) is 10.9 Å². The molecule has 7 nitrogen and oxygen atoms in total. The van der Waals surface area contributed by atoms with Crippen molar-refractivity contribution in [1.82, 2.24) is 14.9 Å². The first kappa shape index (κ1) is 19.8. The molecule has 1 aromatic heterocycles. The topological polar surface area (TPSA) is 93.1 Å². The Labute approximate surface area is 174 Å². The molecule has 2 aromatic carbocycles. The number of aromatic nitrogens is 2. The number of carbonyl (C=O) groups is 2. The standard InChI is InChI=1S/C23H24N4O3/c1-15-5-2-8-19-21(15)24-14-27(23(19)30)12-4-9-20(28)25-18-7-3-6-16(13-18)22(29)26-17-10-11-17/h2-3,5-8,13-14,17H,4,9-12H2,1H3,(H,25,28)(H,26,29). The van der Waals surface area contributed by atoms with Crippen molar-refractivity contribution in [3.8, 4) is 0 Å². The Bertz CT molecular complexity index is 1160. The monoisotopic (exact) mass is 404 g/mol. The maximum absolute atomic E-state index is 12.6. The summed E-state index contributed by atoms with van der Waals surface area (Å²) < 4.78 is 1.54. The molecular formula is C23H24N4O3. The Balaban J connectivity index is 1.33. The molecule has 0 unspecified atom stereocenters. The van der Waals surface area contributed by atoms with Crippen LogP contribution in [0.3, 0.4) is 0 Å². The van der Waals surface area contributed by atoms with E-state index in [9.17, 15) is 14.4 Å². The highest BCUT2D eigenvalue weighted by atomic mass is 16.2. The fourth-order valence-electron chi connectivity index (χ4n) is 3.36. The van der Waals surface area contributed by atoms with E-state index in [0.29, 0.717) is 35.1 Å². The van der Waals surface area contributed by atoms with Crippen molar-refractivity contribution in [1.29, 1.82) is 0 Å². The summed E-state index contributed by atoms with van der Waals surface area (Å²) in [6.07, 6.45) is 4.36. The number of hydrogen-bond donors (Lipinski definition) is 2. The van der Waals surface area contributed by atoms with Gasteiger partial charge in [0.1, 0.15) is 0 Å². The van der Waals surface area contributed by atoms with Crippen molar-refractivity contribution in [3.05, 3.63) is 70.3 Å². The van der Waals surface area contributed by atoms with Crippen LogP contribution in [0.25, 0.3) is 10.9 Å². The van der Waals surface area contributed by atoms with Gasteiger partial charge in [-0.25, -0.2) is 4.98 Å². The van der Waals surface area contributed by atoms with Crippen LogP contribution in [-0.2, 0) is 11.3 Å². The SMILES string of the molecule is Cc1cccc2c(=O)n(CCCC(=O)Nc3cccc(C(=O)NC4CC4)c3)cnc12. The second kappa shape index (κ2) is 8.49. The summed E-state index contributed by atoms with van der Waals surface area (Å²) in [5.74, 6) is -0.278. The molecule has 1 fully saturated rings. The molecular weight excluding hydrogens is 380 g/mol. The highest BCUT2D eigenvalue weighted by molar-refractivity contribution is 5.97. The maximum Gasteiger partial charge on any atom is 0.261 e. The fraction of sp³-hybridized carbons (Fsp3) is 0.304. The Morgan fingerprint density at radius 2 is 1.97 bits per heavy atom. The number of anilines is 1. The molecule has 2 amide bonds. The Kier molecular flexibility index (Phi) is 5.61. The van der Waals surface area contributed by atoms with Gasteiger partial charge in [-0.3, -0.25) is 19.0 Å². The van der Waals surface area contributed by atoms with Crippen molar-refractivity contribution < 1.29 is 9.59 Å². The summed E-state index contributed by atoms with van der Waals surface area (Å²) in [5, 5.41) is 6.34. The predicted molar refractivity (Wildman–Crippen MR) is 116 cm³/mol. The molecule has 30 heavy (non-hydrogen) atoms. The van der Waals surface area contributed by atoms with Gasteiger partial charge in [0.15, 0.2) is 0 Å². The molecule has 2 N–H and O–H groups in total. The number of benzene rings is 2.